The molecule has 18 heavy (non-hydrogen) atoms. The van der Waals surface area contributed by atoms with Crippen LogP contribution in [0.3, 0.4) is 0 Å². The van der Waals surface area contributed by atoms with Crippen molar-refractivity contribution in [2.45, 2.75) is 6.54 Å². The standard InChI is InChI=1S/C12H16N4OS/c18-12-14-10-9-13-2-1-11(10)16(12)4-3-15-5-7-17-8-6-15/h1-2,9H,3-8H2,(H,14,18). The summed E-state index contributed by atoms with van der Waals surface area (Å²) in [4.78, 5) is 9.69. The average molecular weight is 264 g/mol. The Morgan fingerprint density at radius 2 is 2.17 bits per heavy atom. The fraction of sp³-hybridized carbons (Fsp3) is 0.500. The van der Waals surface area contributed by atoms with Gasteiger partial charge in [-0.2, -0.15) is 0 Å². The third kappa shape index (κ3) is 2.31. The molecule has 0 spiro atoms. The Kier molecular flexibility index (Phi) is 3.40. The molecule has 2 aromatic rings. The summed E-state index contributed by atoms with van der Waals surface area (Å²) in [6, 6.07) is 2.00. The lowest BCUT2D eigenvalue weighted by molar-refractivity contribution is 0.0365. The minimum atomic E-state index is 0.770. The molecule has 1 saturated heterocycles. The first-order chi connectivity index (χ1) is 8.84. The molecule has 0 aromatic carbocycles. The second-order valence-corrected chi connectivity index (χ2v) is 4.82. The number of nitrogens with zero attached hydrogens (tertiary/aromatic N) is 3. The van der Waals surface area contributed by atoms with E-state index in [4.69, 9.17) is 17.0 Å². The second kappa shape index (κ2) is 5.17. The van der Waals surface area contributed by atoms with E-state index in [1.54, 1.807) is 6.20 Å². The van der Waals surface area contributed by atoms with E-state index in [9.17, 15) is 0 Å². The summed E-state index contributed by atoms with van der Waals surface area (Å²) in [5.41, 5.74) is 2.13. The van der Waals surface area contributed by atoms with Crippen LogP contribution in [0, 0.1) is 4.77 Å². The molecule has 96 valence electrons. The summed E-state index contributed by atoms with van der Waals surface area (Å²) >= 11 is 5.36. The Labute approximate surface area is 110 Å². The minimum Gasteiger partial charge on any atom is -0.379 e. The zero-order chi connectivity index (χ0) is 12.4. The van der Waals surface area contributed by atoms with Gasteiger partial charge in [-0.25, -0.2) is 0 Å². The number of fused-ring (bicyclic) bond motifs is 1. The third-order valence-electron chi connectivity index (χ3n) is 3.32. The zero-order valence-electron chi connectivity index (χ0n) is 10.1. The van der Waals surface area contributed by atoms with E-state index in [1.807, 2.05) is 12.3 Å². The number of aromatic nitrogens is 3. The molecule has 1 fully saturated rings. The number of rotatable bonds is 3. The second-order valence-electron chi connectivity index (χ2n) is 4.43. The molecule has 0 bridgehead atoms. The van der Waals surface area contributed by atoms with Crippen molar-refractivity contribution in [3.8, 4) is 0 Å². The SMILES string of the molecule is S=c1[nH]c2cnccc2n1CCN1CCOCC1. The van der Waals surface area contributed by atoms with Gasteiger partial charge in [0.1, 0.15) is 0 Å². The number of nitrogens with one attached hydrogen (secondary N) is 1. The van der Waals surface area contributed by atoms with Gasteiger partial charge >= 0.3 is 0 Å². The molecule has 0 amide bonds. The number of pyridine rings is 1. The molecule has 0 unspecified atom stereocenters. The van der Waals surface area contributed by atoms with Crippen LogP contribution in [0.2, 0.25) is 0 Å². The average Bonchev–Trinajstić information content (AvgIpc) is 2.73. The van der Waals surface area contributed by atoms with Crippen molar-refractivity contribution in [1.82, 2.24) is 19.4 Å². The molecule has 2 aromatic heterocycles. The lowest BCUT2D eigenvalue weighted by Crippen LogP contribution is -2.38. The van der Waals surface area contributed by atoms with Crippen LogP contribution in [0.4, 0.5) is 0 Å². The molecule has 0 radical (unpaired) electrons. The number of aromatic amines is 1. The van der Waals surface area contributed by atoms with Crippen LogP contribution in [0.25, 0.3) is 11.0 Å². The van der Waals surface area contributed by atoms with E-state index in [0.29, 0.717) is 0 Å². The summed E-state index contributed by atoms with van der Waals surface area (Å²) in [7, 11) is 0. The van der Waals surface area contributed by atoms with E-state index >= 15 is 0 Å². The highest BCUT2D eigenvalue weighted by Gasteiger charge is 2.11. The topological polar surface area (TPSA) is 46.1 Å². The summed E-state index contributed by atoms with van der Waals surface area (Å²) in [5, 5.41) is 0. The Balaban J connectivity index is 1.77. The quantitative estimate of drug-likeness (QED) is 0.852. The van der Waals surface area contributed by atoms with Crippen molar-refractivity contribution in [3.05, 3.63) is 23.2 Å². The minimum absolute atomic E-state index is 0.770. The first kappa shape index (κ1) is 11.8. The highest BCUT2D eigenvalue weighted by Crippen LogP contribution is 2.12. The Morgan fingerprint density at radius 1 is 1.33 bits per heavy atom. The molecule has 0 saturated carbocycles. The molecule has 0 aliphatic carbocycles. The van der Waals surface area contributed by atoms with Gasteiger partial charge in [-0.1, -0.05) is 0 Å². The van der Waals surface area contributed by atoms with Gasteiger partial charge in [0.2, 0.25) is 0 Å². The first-order valence-corrected chi connectivity index (χ1v) is 6.58. The van der Waals surface area contributed by atoms with Gasteiger partial charge in [0.25, 0.3) is 0 Å². The van der Waals surface area contributed by atoms with Crippen LogP contribution < -0.4 is 0 Å². The van der Waals surface area contributed by atoms with Gasteiger partial charge in [-0.05, 0) is 18.3 Å². The number of hydrogen-bond donors (Lipinski definition) is 1. The fourth-order valence-corrected chi connectivity index (χ4v) is 2.60. The van der Waals surface area contributed by atoms with Crippen LogP contribution >= 0.6 is 12.2 Å². The van der Waals surface area contributed by atoms with Crippen molar-refractivity contribution >= 4 is 23.3 Å². The summed E-state index contributed by atoms with van der Waals surface area (Å²) in [5.74, 6) is 0. The van der Waals surface area contributed by atoms with E-state index in [0.717, 1.165) is 55.2 Å². The molecule has 1 aliphatic rings. The number of ether oxygens (including phenoxy) is 1. The molecular formula is C12H16N4OS. The Bertz CT molecular complexity index is 585. The maximum Gasteiger partial charge on any atom is 0.178 e. The van der Waals surface area contributed by atoms with Gasteiger partial charge < -0.3 is 14.3 Å². The van der Waals surface area contributed by atoms with Gasteiger partial charge in [-0.15, -0.1) is 0 Å². The normalized spacial score (nSPS) is 17.3. The molecule has 0 atom stereocenters. The Morgan fingerprint density at radius 3 is 3.00 bits per heavy atom. The molecule has 3 heterocycles. The van der Waals surface area contributed by atoms with Gasteiger partial charge in [0.15, 0.2) is 4.77 Å². The van der Waals surface area contributed by atoms with Crippen LogP contribution in [-0.4, -0.2) is 52.3 Å². The molecule has 3 rings (SSSR count). The van der Waals surface area contributed by atoms with Crippen LogP contribution in [-0.2, 0) is 11.3 Å². The van der Waals surface area contributed by atoms with E-state index in [-0.39, 0.29) is 0 Å². The van der Waals surface area contributed by atoms with Gasteiger partial charge in [-0.3, -0.25) is 9.88 Å². The predicted octanol–water partition coefficient (Wildman–Crippen LogP) is 1.43. The van der Waals surface area contributed by atoms with Crippen LogP contribution in [0.1, 0.15) is 0 Å². The lowest BCUT2D eigenvalue weighted by Gasteiger charge is -2.26. The molecular weight excluding hydrogens is 248 g/mol. The first-order valence-electron chi connectivity index (χ1n) is 6.17. The maximum atomic E-state index is 5.36. The van der Waals surface area contributed by atoms with Crippen LogP contribution in [0.15, 0.2) is 18.5 Å². The third-order valence-corrected chi connectivity index (χ3v) is 3.64. The van der Waals surface area contributed by atoms with Crippen molar-refractivity contribution in [3.63, 3.8) is 0 Å². The van der Waals surface area contributed by atoms with Crippen molar-refractivity contribution < 1.29 is 4.74 Å². The van der Waals surface area contributed by atoms with Crippen molar-refractivity contribution in [2.75, 3.05) is 32.8 Å². The van der Waals surface area contributed by atoms with E-state index in [2.05, 4.69) is 19.4 Å². The van der Waals surface area contributed by atoms with E-state index < -0.39 is 0 Å². The van der Waals surface area contributed by atoms with Gasteiger partial charge in [0.05, 0.1) is 30.4 Å². The molecule has 5 nitrogen and oxygen atoms in total. The molecule has 1 N–H and O–H groups in total. The van der Waals surface area contributed by atoms with Crippen LogP contribution in [0.5, 0.6) is 0 Å². The lowest BCUT2D eigenvalue weighted by atomic mass is 10.4. The number of imidazole rings is 1. The highest BCUT2D eigenvalue weighted by molar-refractivity contribution is 7.71. The number of hydrogen-bond acceptors (Lipinski definition) is 4. The summed E-state index contributed by atoms with van der Waals surface area (Å²) in [6.45, 7) is 5.61. The maximum absolute atomic E-state index is 5.36. The smallest absolute Gasteiger partial charge is 0.178 e. The zero-order valence-corrected chi connectivity index (χ0v) is 10.9. The van der Waals surface area contributed by atoms with Gasteiger partial charge in [0, 0.05) is 32.4 Å². The number of morpholine rings is 1. The summed E-state index contributed by atoms with van der Waals surface area (Å²) in [6.07, 6.45) is 3.62. The molecule has 6 heteroatoms. The Hall–Kier alpha value is -1.24. The number of H-pyrrole nitrogens is 1. The molecule has 1 aliphatic heterocycles. The highest BCUT2D eigenvalue weighted by atomic mass is 32.1. The van der Waals surface area contributed by atoms with Crippen molar-refractivity contribution in [1.29, 1.82) is 0 Å². The largest absolute Gasteiger partial charge is 0.379 e. The van der Waals surface area contributed by atoms with Crippen molar-refractivity contribution in [2.24, 2.45) is 0 Å². The van der Waals surface area contributed by atoms with E-state index in [1.165, 1.54) is 0 Å². The monoisotopic (exact) mass is 264 g/mol. The fourth-order valence-electron chi connectivity index (χ4n) is 2.30. The predicted molar refractivity (Wildman–Crippen MR) is 72.2 cm³/mol. The summed E-state index contributed by atoms with van der Waals surface area (Å²) < 4.78 is 8.26.